The molecule has 0 heterocycles. The Morgan fingerprint density at radius 2 is 1.83 bits per heavy atom. The van der Waals surface area contributed by atoms with Crippen molar-refractivity contribution >= 4 is 19.6 Å². The minimum atomic E-state index is -1.37. The van der Waals surface area contributed by atoms with Gasteiger partial charge in [0.15, 0.2) is 0 Å². The minimum absolute atomic E-state index is 0.248. The number of esters is 1. The fraction of sp³-hybridized carbons (Fsp3) is 0.350. The van der Waals surface area contributed by atoms with Crippen LogP contribution in [0.4, 0.5) is 0 Å². The molecule has 0 atom stereocenters. The lowest BCUT2D eigenvalue weighted by atomic mass is 10.0. The molecule has 0 radical (unpaired) electrons. The molecule has 0 amide bonds. The second-order valence-corrected chi connectivity index (χ2v) is 12.0. The van der Waals surface area contributed by atoms with Crippen LogP contribution in [0.5, 0.6) is 0 Å². The van der Waals surface area contributed by atoms with Gasteiger partial charge in [-0.1, -0.05) is 67.3 Å². The van der Waals surface area contributed by atoms with E-state index in [9.17, 15) is 4.79 Å². The van der Waals surface area contributed by atoms with Crippen molar-refractivity contribution in [1.82, 2.24) is 0 Å². The summed E-state index contributed by atoms with van der Waals surface area (Å²) in [6.45, 7) is 9.38. The molecule has 122 valence electrons. The van der Waals surface area contributed by atoms with Crippen molar-refractivity contribution in [3.63, 3.8) is 0 Å². The second kappa shape index (κ2) is 7.60. The molecule has 0 saturated heterocycles. The van der Waals surface area contributed by atoms with E-state index in [0.717, 1.165) is 18.4 Å². The molecule has 2 nitrogen and oxygen atoms in total. The van der Waals surface area contributed by atoms with Crippen LogP contribution in [0.3, 0.4) is 0 Å². The lowest BCUT2D eigenvalue weighted by Gasteiger charge is -2.20. The highest BCUT2D eigenvalue weighted by Crippen LogP contribution is 2.31. The summed E-state index contributed by atoms with van der Waals surface area (Å²) in [6.07, 6.45) is 8.04. The van der Waals surface area contributed by atoms with Crippen molar-refractivity contribution in [1.29, 1.82) is 0 Å². The van der Waals surface area contributed by atoms with Crippen LogP contribution in [-0.4, -0.2) is 20.7 Å². The third kappa shape index (κ3) is 5.07. The predicted octanol–water partition coefficient (Wildman–Crippen LogP) is 5.16. The van der Waals surface area contributed by atoms with E-state index >= 15 is 0 Å². The van der Waals surface area contributed by atoms with Crippen LogP contribution in [0.25, 0.3) is 5.57 Å². The van der Waals surface area contributed by atoms with Gasteiger partial charge >= 0.3 is 5.97 Å². The largest absolute Gasteiger partial charge is 0.463 e. The Bertz CT molecular complexity index is 646. The lowest BCUT2D eigenvalue weighted by molar-refractivity contribution is -0.137. The van der Waals surface area contributed by atoms with Crippen LogP contribution in [-0.2, 0) is 9.53 Å². The molecule has 2 rings (SSSR count). The molecule has 3 heteroatoms. The highest BCUT2D eigenvalue weighted by Gasteiger charge is 2.22. The molecule has 0 unspecified atom stereocenters. The van der Waals surface area contributed by atoms with Gasteiger partial charge in [0.1, 0.15) is 0 Å². The summed E-state index contributed by atoms with van der Waals surface area (Å²) in [5.41, 5.74) is 3.43. The molecule has 1 aliphatic rings. The van der Waals surface area contributed by atoms with Crippen molar-refractivity contribution in [2.24, 2.45) is 0 Å². The van der Waals surface area contributed by atoms with Gasteiger partial charge in [-0.15, -0.1) is 0 Å². The highest BCUT2D eigenvalue weighted by molar-refractivity contribution is 6.83. The van der Waals surface area contributed by atoms with Crippen LogP contribution in [0.2, 0.25) is 19.6 Å². The Labute approximate surface area is 140 Å². The molecule has 0 aliphatic heterocycles. The van der Waals surface area contributed by atoms with Crippen molar-refractivity contribution in [3.05, 3.63) is 64.9 Å². The number of rotatable bonds is 4. The molecule has 0 fully saturated rings. The standard InChI is InChI=1S/C20H26O2Si/c1-5-22-20(21)14-16-11-12-19(23(2,3)4)15-18(13-16)17-9-7-6-8-10-17/h6-10,13-15H,5,11-12H2,1-4H3/b16-14-. The third-order valence-corrected chi connectivity index (χ3v) is 6.33. The molecule has 0 spiro atoms. The van der Waals surface area contributed by atoms with Crippen LogP contribution < -0.4 is 0 Å². The Kier molecular flexibility index (Phi) is 5.78. The Hall–Kier alpha value is -1.87. The third-order valence-electron chi connectivity index (χ3n) is 4.01. The maximum Gasteiger partial charge on any atom is 0.331 e. The van der Waals surface area contributed by atoms with Gasteiger partial charge in [0.2, 0.25) is 0 Å². The topological polar surface area (TPSA) is 26.3 Å². The molecular formula is C20H26O2Si. The molecule has 1 aliphatic carbocycles. The summed E-state index contributed by atoms with van der Waals surface area (Å²) >= 11 is 0. The van der Waals surface area contributed by atoms with Crippen molar-refractivity contribution in [2.75, 3.05) is 6.61 Å². The first kappa shape index (κ1) is 17.5. The number of allylic oxidation sites excluding steroid dienone is 5. The summed E-state index contributed by atoms with van der Waals surface area (Å²) in [7, 11) is -1.37. The minimum Gasteiger partial charge on any atom is -0.463 e. The van der Waals surface area contributed by atoms with Crippen LogP contribution in [0.15, 0.2) is 59.3 Å². The molecule has 1 aromatic rings. The highest BCUT2D eigenvalue weighted by atomic mass is 28.3. The van der Waals surface area contributed by atoms with Crippen molar-refractivity contribution in [2.45, 2.75) is 39.4 Å². The molecule has 0 N–H and O–H groups in total. The number of carbonyl (C=O) groups excluding carboxylic acids is 1. The van der Waals surface area contributed by atoms with Gasteiger partial charge < -0.3 is 4.74 Å². The first-order chi connectivity index (χ1) is 10.9. The quantitative estimate of drug-likeness (QED) is 0.434. The van der Waals surface area contributed by atoms with Gasteiger partial charge in [-0.2, -0.15) is 0 Å². The average Bonchev–Trinajstić information content (AvgIpc) is 2.71. The van der Waals surface area contributed by atoms with Crippen molar-refractivity contribution < 1.29 is 9.53 Å². The van der Waals surface area contributed by atoms with Crippen molar-refractivity contribution in [3.8, 4) is 0 Å². The maximum atomic E-state index is 11.8. The summed E-state index contributed by atoms with van der Waals surface area (Å²) in [5.74, 6) is -0.248. The maximum absolute atomic E-state index is 11.8. The predicted molar refractivity (Wildman–Crippen MR) is 99.8 cm³/mol. The van der Waals surface area contributed by atoms with E-state index in [2.05, 4.69) is 56.1 Å². The van der Waals surface area contributed by atoms with E-state index in [4.69, 9.17) is 4.74 Å². The summed E-state index contributed by atoms with van der Waals surface area (Å²) < 4.78 is 5.07. The summed E-state index contributed by atoms with van der Waals surface area (Å²) in [4.78, 5) is 11.8. The van der Waals surface area contributed by atoms with Gasteiger partial charge in [0, 0.05) is 6.08 Å². The first-order valence-corrected chi connectivity index (χ1v) is 11.8. The van der Waals surface area contributed by atoms with Gasteiger partial charge in [-0.3, -0.25) is 0 Å². The molecule has 0 bridgehead atoms. The second-order valence-electron chi connectivity index (χ2n) is 6.86. The van der Waals surface area contributed by atoms with Crippen LogP contribution in [0, 0.1) is 0 Å². The number of hydrogen-bond acceptors (Lipinski definition) is 2. The summed E-state index contributed by atoms with van der Waals surface area (Å²) in [6, 6.07) is 10.4. The van der Waals surface area contributed by atoms with E-state index in [1.165, 1.54) is 11.1 Å². The number of carbonyl (C=O) groups is 1. The Morgan fingerprint density at radius 3 is 2.43 bits per heavy atom. The van der Waals surface area contributed by atoms with E-state index in [1.807, 2.05) is 13.0 Å². The smallest absolute Gasteiger partial charge is 0.331 e. The number of benzene rings is 1. The normalized spacial score (nSPS) is 17.3. The van der Waals surface area contributed by atoms with Crippen LogP contribution in [0.1, 0.15) is 25.3 Å². The number of hydrogen-bond donors (Lipinski definition) is 0. The first-order valence-electron chi connectivity index (χ1n) is 8.25. The zero-order valence-electron chi connectivity index (χ0n) is 14.6. The van der Waals surface area contributed by atoms with E-state index in [1.54, 1.807) is 11.3 Å². The fourth-order valence-corrected chi connectivity index (χ4v) is 4.15. The molecule has 0 saturated carbocycles. The Balaban J connectivity index is 2.42. The SMILES string of the molecule is CCOC(=O)/C=C1\C=C(c2ccccc2)C=C([Si](C)(C)C)CC1. The summed E-state index contributed by atoms with van der Waals surface area (Å²) in [5, 5.41) is 1.54. The lowest BCUT2D eigenvalue weighted by Crippen LogP contribution is -2.23. The van der Waals surface area contributed by atoms with Gasteiger partial charge in [-0.05, 0) is 36.5 Å². The number of ether oxygens (including phenoxy) is 1. The molecular weight excluding hydrogens is 300 g/mol. The average molecular weight is 327 g/mol. The molecule has 1 aromatic carbocycles. The van der Waals surface area contributed by atoms with E-state index < -0.39 is 8.07 Å². The zero-order valence-corrected chi connectivity index (χ0v) is 15.6. The van der Waals surface area contributed by atoms with E-state index in [-0.39, 0.29) is 5.97 Å². The molecule has 23 heavy (non-hydrogen) atoms. The zero-order chi connectivity index (χ0) is 16.9. The fourth-order valence-electron chi connectivity index (χ4n) is 2.69. The van der Waals surface area contributed by atoms with Gasteiger partial charge in [0.25, 0.3) is 0 Å². The van der Waals surface area contributed by atoms with E-state index in [0.29, 0.717) is 6.61 Å². The Morgan fingerprint density at radius 1 is 1.13 bits per heavy atom. The monoisotopic (exact) mass is 326 g/mol. The molecule has 0 aromatic heterocycles. The van der Waals surface area contributed by atoms with Gasteiger partial charge in [-0.25, -0.2) is 4.79 Å². The van der Waals surface area contributed by atoms with Gasteiger partial charge in [0.05, 0.1) is 14.7 Å². The van der Waals surface area contributed by atoms with Crippen LogP contribution >= 0.6 is 0 Å².